The predicted molar refractivity (Wildman–Crippen MR) is 168 cm³/mol. The lowest BCUT2D eigenvalue weighted by Gasteiger charge is -2.26. The highest BCUT2D eigenvalue weighted by atomic mass is 35.5. The lowest BCUT2D eigenvalue weighted by atomic mass is 10.1. The number of esters is 1. The van der Waals surface area contributed by atoms with Crippen LogP contribution in [0.25, 0.3) is 10.9 Å². The Bertz CT molecular complexity index is 1920. The number of morpholine rings is 1. The topological polar surface area (TPSA) is 164 Å². The minimum Gasteiger partial charge on any atom is -0.454 e. The van der Waals surface area contributed by atoms with Crippen molar-refractivity contribution in [3.05, 3.63) is 89.1 Å². The molecule has 1 aromatic heterocycles. The number of aromatic nitrogens is 1. The average molecular weight is 675 g/mol. The van der Waals surface area contributed by atoms with Gasteiger partial charge in [-0.3, -0.25) is 9.59 Å². The van der Waals surface area contributed by atoms with E-state index in [1.165, 1.54) is 40.7 Å². The van der Waals surface area contributed by atoms with Gasteiger partial charge in [-0.05, 0) is 60.5 Å². The van der Waals surface area contributed by atoms with Crippen LogP contribution in [0.5, 0.6) is 0 Å². The fourth-order valence-corrected chi connectivity index (χ4v) is 7.56. The van der Waals surface area contributed by atoms with Crippen molar-refractivity contribution in [3.8, 4) is 0 Å². The maximum absolute atomic E-state index is 13.3. The molecule has 0 aliphatic carbocycles. The van der Waals surface area contributed by atoms with Crippen molar-refractivity contribution in [2.75, 3.05) is 38.2 Å². The van der Waals surface area contributed by atoms with Crippen LogP contribution in [0.3, 0.4) is 0 Å². The summed E-state index contributed by atoms with van der Waals surface area (Å²) in [6.45, 7) is 1.96. The number of carbonyl (C=O) groups excluding carboxylic acids is 2. The number of ether oxygens (including phenoxy) is 2. The summed E-state index contributed by atoms with van der Waals surface area (Å²) in [6.07, 6.45) is 1.60. The molecule has 0 bridgehead atoms. The lowest BCUT2D eigenvalue weighted by molar-refractivity contribution is -0.149. The maximum Gasteiger partial charge on any atom is 0.325 e. The third-order valence-electron chi connectivity index (χ3n) is 7.24. The molecule has 1 fully saturated rings. The van der Waals surface area contributed by atoms with E-state index in [0.29, 0.717) is 16.1 Å². The predicted octanol–water partition coefficient (Wildman–Crippen LogP) is 3.22. The Hall–Kier alpha value is -3.79. The smallest absolute Gasteiger partial charge is 0.325 e. The average Bonchev–Trinajstić information content (AvgIpc) is 3.43. The van der Waals surface area contributed by atoms with Crippen molar-refractivity contribution in [3.63, 3.8) is 0 Å². The number of H-pyrrole nitrogens is 1. The molecule has 1 aliphatic rings. The molecule has 12 nitrogen and oxygen atoms in total. The second kappa shape index (κ2) is 13.7. The highest BCUT2D eigenvalue weighted by Crippen LogP contribution is 2.24. The number of halogens is 1. The number of benzene rings is 3. The Morgan fingerprint density at radius 1 is 1.00 bits per heavy atom. The highest BCUT2D eigenvalue weighted by Gasteiger charge is 2.30. The fraction of sp³-hybridized carbons (Fsp3) is 0.267. The third kappa shape index (κ3) is 7.72. The summed E-state index contributed by atoms with van der Waals surface area (Å²) in [5, 5.41) is 3.72. The van der Waals surface area contributed by atoms with Crippen molar-refractivity contribution in [1.82, 2.24) is 14.0 Å². The van der Waals surface area contributed by atoms with E-state index in [-0.39, 0.29) is 48.2 Å². The van der Waals surface area contributed by atoms with Crippen molar-refractivity contribution in [2.24, 2.45) is 0 Å². The van der Waals surface area contributed by atoms with Gasteiger partial charge in [0, 0.05) is 47.3 Å². The minimum atomic E-state index is -4.19. The van der Waals surface area contributed by atoms with Crippen LogP contribution in [0.1, 0.15) is 11.1 Å². The molecule has 238 valence electrons. The maximum atomic E-state index is 13.3. The van der Waals surface area contributed by atoms with Crippen LogP contribution < -0.4 is 10.0 Å². The van der Waals surface area contributed by atoms with E-state index in [4.69, 9.17) is 21.1 Å². The number of rotatable bonds is 11. The molecule has 1 aliphatic heterocycles. The fourth-order valence-electron chi connectivity index (χ4n) is 4.82. The second-order valence-corrected chi connectivity index (χ2v) is 14.4. The van der Waals surface area contributed by atoms with Crippen molar-refractivity contribution >= 4 is 60.1 Å². The first-order valence-electron chi connectivity index (χ1n) is 13.9. The number of carbonyl (C=O) groups is 2. The number of hydrogen-bond donors (Lipinski definition) is 3. The molecule has 2 heterocycles. The zero-order chi connectivity index (χ0) is 32.2. The number of fused-ring (bicyclic) bond motifs is 1. The normalized spacial score (nSPS) is 15.1. The number of aryl methyl sites for hydroxylation is 1. The van der Waals surface area contributed by atoms with Gasteiger partial charge in [0.05, 0.1) is 23.0 Å². The largest absolute Gasteiger partial charge is 0.454 e. The van der Waals surface area contributed by atoms with E-state index in [9.17, 15) is 26.4 Å². The first-order valence-corrected chi connectivity index (χ1v) is 17.2. The van der Waals surface area contributed by atoms with E-state index in [1.807, 2.05) is 24.3 Å². The number of amides is 1. The van der Waals surface area contributed by atoms with Gasteiger partial charge < -0.3 is 19.8 Å². The van der Waals surface area contributed by atoms with Gasteiger partial charge in [-0.25, -0.2) is 16.8 Å². The molecule has 1 atom stereocenters. The molecular weight excluding hydrogens is 644 g/mol. The number of aromatic amines is 1. The molecule has 1 saturated heterocycles. The number of nitrogens with one attached hydrogen (secondary N) is 3. The van der Waals surface area contributed by atoms with Crippen LogP contribution in [0, 0.1) is 6.92 Å². The number of hydrogen-bond acceptors (Lipinski definition) is 8. The van der Waals surface area contributed by atoms with Crippen molar-refractivity contribution in [1.29, 1.82) is 0 Å². The van der Waals surface area contributed by atoms with Crippen LogP contribution in [-0.2, 0) is 45.5 Å². The summed E-state index contributed by atoms with van der Waals surface area (Å²) in [7, 11) is -8.00. The number of para-hydroxylation sites is 1. The first-order chi connectivity index (χ1) is 21.4. The summed E-state index contributed by atoms with van der Waals surface area (Å²) in [6, 6.07) is 15.8. The molecule has 1 amide bonds. The highest BCUT2D eigenvalue weighted by molar-refractivity contribution is 7.89. The van der Waals surface area contributed by atoms with Crippen LogP contribution in [-0.4, -0.2) is 77.0 Å². The molecule has 0 unspecified atom stereocenters. The zero-order valence-electron chi connectivity index (χ0n) is 24.2. The Balaban J connectivity index is 1.30. The number of sulfonamides is 2. The summed E-state index contributed by atoms with van der Waals surface area (Å²) >= 11 is 5.91. The minimum absolute atomic E-state index is 0.00214. The molecule has 15 heteroatoms. The van der Waals surface area contributed by atoms with Crippen molar-refractivity contribution in [2.45, 2.75) is 29.2 Å². The molecule has 3 N–H and O–H groups in total. The number of nitrogens with zero attached hydrogens (tertiary/aromatic N) is 1. The molecule has 3 aromatic carbocycles. The van der Waals surface area contributed by atoms with Gasteiger partial charge in [-0.15, -0.1) is 0 Å². The van der Waals surface area contributed by atoms with Gasteiger partial charge in [-0.1, -0.05) is 35.9 Å². The van der Waals surface area contributed by atoms with E-state index < -0.39 is 44.6 Å². The van der Waals surface area contributed by atoms with E-state index in [1.54, 1.807) is 19.2 Å². The van der Waals surface area contributed by atoms with Gasteiger partial charge in [-0.2, -0.15) is 9.03 Å². The molecule has 0 spiro atoms. The molecule has 45 heavy (non-hydrogen) atoms. The number of anilines is 1. The first kappa shape index (κ1) is 32.6. The Morgan fingerprint density at radius 3 is 2.42 bits per heavy atom. The van der Waals surface area contributed by atoms with Crippen LogP contribution in [0.15, 0.2) is 82.7 Å². The quantitative estimate of drug-likeness (QED) is 0.204. The standard InChI is InChI=1S/C30H31ClN4O8S2/c1-20-6-9-24(45(40,41)35-12-14-42-15-13-35)17-27(20)33-29(36)19-43-30(37)28(16-21-18-32-26-5-3-2-4-25(21)26)34-44(38,39)23-10-7-22(31)8-11-23/h2-11,17-18,28,32,34H,12-16,19H2,1H3,(H,33,36)/t28-/m0/s1. The SMILES string of the molecule is Cc1ccc(S(=O)(=O)N2CCOCC2)cc1NC(=O)COC(=O)[C@H](Cc1c[nH]c2ccccc12)NS(=O)(=O)c1ccc(Cl)cc1. The summed E-state index contributed by atoms with van der Waals surface area (Å²) in [5.41, 5.74) is 2.27. The van der Waals surface area contributed by atoms with Crippen LogP contribution in [0.4, 0.5) is 5.69 Å². The summed E-state index contributed by atoms with van der Waals surface area (Å²) in [4.78, 5) is 29.1. The molecule has 5 rings (SSSR count). The molecular formula is C30H31ClN4O8S2. The zero-order valence-corrected chi connectivity index (χ0v) is 26.5. The summed E-state index contributed by atoms with van der Waals surface area (Å²) < 4.78 is 66.8. The molecule has 4 aromatic rings. The van der Waals surface area contributed by atoms with Gasteiger partial charge in [0.15, 0.2) is 6.61 Å². The van der Waals surface area contributed by atoms with Crippen LogP contribution in [0.2, 0.25) is 5.02 Å². The van der Waals surface area contributed by atoms with Gasteiger partial charge in [0.2, 0.25) is 20.0 Å². The van der Waals surface area contributed by atoms with Gasteiger partial charge >= 0.3 is 5.97 Å². The monoisotopic (exact) mass is 674 g/mol. The van der Waals surface area contributed by atoms with Gasteiger partial charge in [0.1, 0.15) is 6.04 Å². The van der Waals surface area contributed by atoms with Gasteiger partial charge in [0.25, 0.3) is 5.91 Å². The summed E-state index contributed by atoms with van der Waals surface area (Å²) in [5.74, 6) is -1.72. The lowest BCUT2D eigenvalue weighted by Crippen LogP contribution is -2.44. The van der Waals surface area contributed by atoms with E-state index in [2.05, 4.69) is 15.0 Å². The van der Waals surface area contributed by atoms with E-state index in [0.717, 1.165) is 10.9 Å². The Kier molecular flexibility index (Phi) is 9.91. The Morgan fingerprint density at radius 2 is 1.69 bits per heavy atom. The Labute approximate surface area is 265 Å². The molecule has 0 saturated carbocycles. The molecule has 0 radical (unpaired) electrons. The second-order valence-electron chi connectivity index (χ2n) is 10.3. The van der Waals surface area contributed by atoms with Crippen LogP contribution >= 0.6 is 11.6 Å². The van der Waals surface area contributed by atoms with E-state index >= 15 is 0 Å². The van der Waals surface area contributed by atoms with Crippen molar-refractivity contribution < 1.29 is 35.9 Å². The third-order valence-corrected chi connectivity index (χ3v) is 10.9.